The molecule has 0 aromatic heterocycles. The molecule has 2 rings (SSSR count). The highest BCUT2D eigenvalue weighted by molar-refractivity contribution is 5.85. The molecule has 2 heterocycles. The zero-order chi connectivity index (χ0) is 7.73. The topological polar surface area (TPSA) is 15.3 Å². The van der Waals surface area contributed by atoms with E-state index < -0.39 is 0 Å². The molecule has 1 spiro atoms. The molecule has 0 aliphatic carbocycles. The van der Waals surface area contributed by atoms with E-state index in [1.165, 1.54) is 45.6 Å². The largest absolute Gasteiger partial charge is 0.316 e. The smallest absolute Gasteiger partial charge is 0.00510 e. The first-order chi connectivity index (χ1) is 5.35. The van der Waals surface area contributed by atoms with Crippen LogP contribution in [0.5, 0.6) is 0 Å². The summed E-state index contributed by atoms with van der Waals surface area (Å²) in [5.41, 5.74) is 0.677. The van der Waals surface area contributed by atoms with Crippen LogP contribution in [0.15, 0.2) is 0 Å². The molecule has 2 nitrogen and oxygen atoms in total. The average Bonchev–Trinajstić information content (AvgIpc) is 2.62. The SMILES string of the molecule is CCN1CCC2(CCNC2)C1.Cl. The van der Waals surface area contributed by atoms with Gasteiger partial charge in [0.15, 0.2) is 0 Å². The van der Waals surface area contributed by atoms with Crippen LogP contribution in [0.3, 0.4) is 0 Å². The van der Waals surface area contributed by atoms with Gasteiger partial charge in [0.05, 0.1) is 0 Å². The van der Waals surface area contributed by atoms with Crippen LogP contribution in [0.1, 0.15) is 19.8 Å². The predicted molar refractivity (Wildman–Crippen MR) is 53.9 cm³/mol. The summed E-state index contributed by atoms with van der Waals surface area (Å²) in [6.45, 7) is 8.69. The first kappa shape index (κ1) is 10.3. The van der Waals surface area contributed by atoms with Gasteiger partial charge in [0.2, 0.25) is 0 Å². The van der Waals surface area contributed by atoms with Gasteiger partial charge < -0.3 is 10.2 Å². The maximum atomic E-state index is 3.47. The van der Waals surface area contributed by atoms with Crippen molar-refractivity contribution in [1.82, 2.24) is 10.2 Å². The lowest BCUT2D eigenvalue weighted by Gasteiger charge is -2.21. The Labute approximate surface area is 81.1 Å². The van der Waals surface area contributed by atoms with Crippen molar-refractivity contribution in [3.63, 3.8) is 0 Å². The van der Waals surface area contributed by atoms with Crippen LogP contribution in [0.25, 0.3) is 0 Å². The van der Waals surface area contributed by atoms with Gasteiger partial charge >= 0.3 is 0 Å². The third-order valence-corrected chi connectivity index (χ3v) is 3.30. The van der Waals surface area contributed by atoms with Gasteiger partial charge in [-0.1, -0.05) is 6.92 Å². The second-order valence-electron chi connectivity index (χ2n) is 4.05. The van der Waals surface area contributed by atoms with Crippen molar-refractivity contribution in [3.8, 4) is 0 Å². The van der Waals surface area contributed by atoms with E-state index in [-0.39, 0.29) is 12.4 Å². The normalized spacial score (nSPS) is 35.8. The third kappa shape index (κ3) is 1.76. The predicted octanol–water partition coefficient (Wildman–Crippen LogP) is 1.11. The van der Waals surface area contributed by atoms with E-state index in [9.17, 15) is 0 Å². The van der Waals surface area contributed by atoms with E-state index >= 15 is 0 Å². The highest BCUT2D eigenvalue weighted by Gasteiger charge is 2.39. The Morgan fingerprint density at radius 2 is 2.25 bits per heavy atom. The Hall–Kier alpha value is 0.210. The van der Waals surface area contributed by atoms with E-state index in [2.05, 4.69) is 17.1 Å². The minimum atomic E-state index is 0. The molecule has 0 saturated carbocycles. The second-order valence-corrected chi connectivity index (χ2v) is 4.05. The van der Waals surface area contributed by atoms with Crippen LogP contribution in [0.2, 0.25) is 0 Å². The zero-order valence-corrected chi connectivity index (χ0v) is 8.62. The minimum absolute atomic E-state index is 0. The van der Waals surface area contributed by atoms with Gasteiger partial charge in [0.1, 0.15) is 0 Å². The van der Waals surface area contributed by atoms with Crippen LogP contribution in [0, 0.1) is 5.41 Å². The van der Waals surface area contributed by atoms with Crippen molar-refractivity contribution in [2.75, 3.05) is 32.7 Å². The van der Waals surface area contributed by atoms with Crippen LogP contribution in [-0.2, 0) is 0 Å². The molecular weight excluding hydrogens is 172 g/mol. The van der Waals surface area contributed by atoms with Crippen LogP contribution < -0.4 is 5.32 Å². The van der Waals surface area contributed by atoms with Gasteiger partial charge in [-0.15, -0.1) is 12.4 Å². The molecule has 0 aromatic rings. The van der Waals surface area contributed by atoms with E-state index in [0.29, 0.717) is 5.41 Å². The quantitative estimate of drug-likeness (QED) is 0.667. The Balaban J connectivity index is 0.000000720. The summed E-state index contributed by atoms with van der Waals surface area (Å²) in [6.07, 6.45) is 2.83. The number of likely N-dealkylation sites (tertiary alicyclic amines) is 1. The van der Waals surface area contributed by atoms with Crippen molar-refractivity contribution in [3.05, 3.63) is 0 Å². The van der Waals surface area contributed by atoms with Gasteiger partial charge in [-0.2, -0.15) is 0 Å². The molecule has 0 amide bonds. The van der Waals surface area contributed by atoms with Crippen LogP contribution in [0.4, 0.5) is 0 Å². The van der Waals surface area contributed by atoms with Gasteiger partial charge in [-0.05, 0) is 37.9 Å². The van der Waals surface area contributed by atoms with Crippen LogP contribution >= 0.6 is 12.4 Å². The van der Waals surface area contributed by atoms with E-state index in [4.69, 9.17) is 0 Å². The molecule has 12 heavy (non-hydrogen) atoms. The average molecular weight is 191 g/mol. The van der Waals surface area contributed by atoms with Crippen molar-refractivity contribution in [2.24, 2.45) is 5.41 Å². The Bertz CT molecular complexity index is 143. The molecule has 0 bridgehead atoms. The number of halogens is 1. The zero-order valence-electron chi connectivity index (χ0n) is 7.81. The number of rotatable bonds is 1. The van der Waals surface area contributed by atoms with E-state index in [1.807, 2.05) is 0 Å². The molecule has 2 saturated heterocycles. The lowest BCUT2D eigenvalue weighted by molar-refractivity contribution is 0.284. The number of nitrogens with zero attached hydrogens (tertiary/aromatic N) is 1. The van der Waals surface area contributed by atoms with Gasteiger partial charge in [0.25, 0.3) is 0 Å². The highest BCUT2D eigenvalue weighted by Crippen LogP contribution is 2.35. The summed E-state index contributed by atoms with van der Waals surface area (Å²) >= 11 is 0. The summed E-state index contributed by atoms with van der Waals surface area (Å²) in [5, 5.41) is 3.47. The number of nitrogens with one attached hydrogen (secondary N) is 1. The molecule has 3 heteroatoms. The summed E-state index contributed by atoms with van der Waals surface area (Å²) in [7, 11) is 0. The molecule has 2 fully saturated rings. The van der Waals surface area contributed by atoms with E-state index in [0.717, 1.165) is 0 Å². The van der Waals surface area contributed by atoms with Gasteiger partial charge in [-0.3, -0.25) is 0 Å². The number of hydrogen-bond acceptors (Lipinski definition) is 2. The minimum Gasteiger partial charge on any atom is -0.316 e. The van der Waals surface area contributed by atoms with Crippen LogP contribution in [-0.4, -0.2) is 37.6 Å². The molecule has 2 aliphatic rings. The third-order valence-electron chi connectivity index (χ3n) is 3.30. The van der Waals surface area contributed by atoms with Crippen molar-refractivity contribution in [2.45, 2.75) is 19.8 Å². The molecule has 2 aliphatic heterocycles. The fraction of sp³-hybridized carbons (Fsp3) is 1.00. The van der Waals surface area contributed by atoms with E-state index in [1.54, 1.807) is 0 Å². The second kappa shape index (κ2) is 3.95. The molecular formula is C9H19ClN2. The Kier molecular flexibility index (Phi) is 3.38. The first-order valence-corrected chi connectivity index (χ1v) is 4.78. The standard InChI is InChI=1S/C9H18N2.ClH/c1-2-11-6-4-9(8-11)3-5-10-7-9;/h10H,2-8H2,1H3;1H. The highest BCUT2D eigenvalue weighted by atomic mass is 35.5. The molecule has 1 N–H and O–H groups in total. The fourth-order valence-corrected chi connectivity index (χ4v) is 2.44. The maximum absolute atomic E-state index is 3.47. The Morgan fingerprint density at radius 3 is 2.75 bits per heavy atom. The number of hydrogen-bond donors (Lipinski definition) is 1. The summed E-state index contributed by atoms with van der Waals surface area (Å²) in [6, 6.07) is 0. The van der Waals surface area contributed by atoms with Crippen molar-refractivity contribution < 1.29 is 0 Å². The maximum Gasteiger partial charge on any atom is 0.00510 e. The molecule has 0 radical (unpaired) electrons. The van der Waals surface area contributed by atoms with Gasteiger partial charge in [-0.25, -0.2) is 0 Å². The van der Waals surface area contributed by atoms with Crippen molar-refractivity contribution >= 4 is 12.4 Å². The monoisotopic (exact) mass is 190 g/mol. The molecule has 1 atom stereocenters. The first-order valence-electron chi connectivity index (χ1n) is 4.78. The molecule has 0 aromatic carbocycles. The Morgan fingerprint density at radius 1 is 1.42 bits per heavy atom. The fourth-order valence-electron chi connectivity index (χ4n) is 2.44. The summed E-state index contributed by atoms with van der Waals surface area (Å²) < 4.78 is 0. The van der Waals surface area contributed by atoms with Crippen molar-refractivity contribution in [1.29, 1.82) is 0 Å². The van der Waals surface area contributed by atoms with Gasteiger partial charge in [0, 0.05) is 13.1 Å². The lowest BCUT2D eigenvalue weighted by atomic mass is 9.87. The summed E-state index contributed by atoms with van der Waals surface area (Å²) in [5.74, 6) is 0. The lowest BCUT2D eigenvalue weighted by Crippen LogP contribution is -2.28. The molecule has 72 valence electrons. The molecule has 1 unspecified atom stereocenters. The summed E-state index contributed by atoms with van der Waals surface area (Å²) in [4.78, 5) is 2.58.